The lowest BCUT2D eigenvalue weighted by Crippen LogP contribution is -2.39. The summed E-state index contributed by atoms with van der Waals surface area (Å²) in [5, 5.41) is 12.7. The maximum absolute atomic E-state index is 12.8. The number of hydrogen-bond acceptors (Lipinski definition) is 2. The van der Waals surface area contributed by atoms with E-state index in [1.807, 2.05) is 0 Å². The smallest absolute Gasteiger partial charge is 0.388 e. The van der Waals surface area contributed by atoms with Gasteiger partial charge in [-0.3, -0.25) is 0 Å². The van der Waals surface area contributed by atoms with Crippen molar-refractivity contribution in [1.29, 1.82) is 0 Å². The molecule has 1 aromatic rings. The maximum Gasteiger partial charge on any atom is 0.418 e. The van der Waals surface area contributed by atoms with Gasteiger partial charge in [0.15, 0.2) is 0 Å². The molecule has 0 saturated carbocycles. The van der Waals surface area contributed by atoms with E-state index >= 15 is 0 Å². The van der Waals surface area contributed by atoms with Crippen LogP contribution < -0.4 is 5.32 Å². The van der Waals surface area contributed by atoms with Crippen molar-refractivity contribution in [1.82, 2.24) is 0 Å². The van der Waals surface area contributed by atoms with Crippen LogP contribution in [0.1, 0.15) is 26.3 Å². The number of rotatable bonds is 4. The minimum atomic E-state index is -4.49. The minimum Gasteiger partial charge on any atom is -0.388 e. The molecule has 0 saturated heterocycles. The zero-order valence-corrected chi connectivity index (χ0v) is 11.7. The second kappa shape index (κ2) is 5.59. The Kier molecular flexibility index (Phi) is 4.74. The molecule has 6 heteroatoms. The summed E-state index contributed by atoms with van der Waals surface area (Å²) in [4.78, 5) is 0. The summed E-state index contributed by atoms with van der Waals surface area (Å²) in [5.74, 6) is -0.0818. The van der Waals surface area contributed by atoms with Crippen LogP contribution in [0.5, 0.6) is 0 Å². The molecule has 0 aliphatic carbocycles. The quantitative estimate of drug-likeness (QED) is 0.873. The Labute approximate surface area is 115 Å². The van der Waals surface area contributed by atoms with Crippen molar-refractivity contribution in [2.75, 3.05) is 11.9 Å². The van der Waals surface area contributed by atoms with Crippen molar-refractivity contribution in [3.63, 3.8) is 0 Å². The second-order valence-corrected chi connectivity index (χ2v) is 5.49. The van der Waals surface area contributed by atoms with Crippen LogP contribution in [-0.4, -0.2) is 17.3 Å². The summed E-state index contributed by atoms with van der Waals surface area (Å²) in [5.41, 5.74) is -2.01. The van der Waals surface area contributed by atoms with Crippen LogP contribution in [0.3, 0.4) is 0 Å². The predicted molar refractivity (Wildman–Crippen MR) is 70.4 cm³/mol. The molecule has 0 heterocycles. The van der Waals surface area contributed by atoms with Gasteiger partial charge in [-0.2, -0.15) is 13.2 Å². The predicted octanol–water partition coefficient (Wildman–Crippen LogP) is 4.18. The van der Waals surface area contributed by atoms with Gasteiger partial charge in [0, 0.05) is 17.3 Å². The fourth-order valence-electron chi connectivity index (χ4n) is 1.38. The number of benzene rings is 1. The third-order valence-electron chi connectivity index (χ3n) is 3.17. The number of aliphatic hydroxyl groups is 1. The minimum absolute atomic E-state index is 0.0218. The van der Waals surface area contributed by atoms with Gasteiger partial charge >= 0.3 is 6.18 Å². The molecular weight excluding hydrogens is 279 g/mol. The largest absolute Gasteiger partial charge is 0.418 e. The second-order valence-electron chi connectivity index (χ2n) is 5.05. The van der Waals surface area contributed by atoms with Crippen molar-refractivity contribution in [2.24, 2.45) is 5.92 Å². The van der Waals surface area contributed by atoms with Crippen LogP contribution in [0.4, 0.5) is 18.9 Å². The standard InChI is InChI=1S/C13H17ClF3NO/c1-8(2)12(3,19)7-18-11-5-4-9(14)6-10(11)13(15,16)17/h4-6,8,18-19H,7H2,1-3H3. The molecule has 0 spiro atoms. The molecule has 2 N–H and O–H groups in total. The molecule has 2 nitrogen and oxygen atoms in total. The molecule has 0 aromatic heterocycles. The molecule has 1 atom stereocenters. The fourth-order valence-corrected chi connectivity index (χ4v) is 1.56. The van der Waals surface area contributed by atoms with Crippen molar-refractivity contribution in [3.8, 4) is 0 Å². The van der Waals surface area contributed by atoms with E-state index in [9.17, 15) is 18.3 Å². The molecule has 0 amide bonds. The molecular formula is C13H17ClF3NO. The zero-order chi connectivity index (χ0) is 14.8. The van der Waals surface area contributed by atoms with Crippen LogP contribution in [-0.2, 0) is 6.18 Å². The lowest BCUT2D eigenvalue weighted by molar-refractivity contribution is -0.137. The summed E-state index contributed by atoms with van der Waals surface area (Å²) in [6, 6.07) is 3.51. The number of halogens is 4. The lowest BCUT2D eigenvalue weighted by atomic mass is 9.92. The van der Waals surface area contributed by atoms with Gasteiger partial charge in [0.2, 0.25) is 0 Å². The topological polar surface area (TPSA) is 32.3 Å². The van der Waals surface area contributed by atoms with E-state index in [4.69, 9.17) is 11.6 Å². The van der Waals surface area contributed by atoms with E-state index in [0.717, 1.165) is 6.07 Å². The summed E-state index contributed by atoms with van der Waals surface area (Å²) >= 11 is 5.59. The van der Waals surface area contributed by atoms with E-state index in [0.29, 0.717) is 0 Å². The van der Waals surface area contributed by atoms with E-state index in [-0.39, 0.29) is 23.2 Å². The van der Waals surface area contributed by atoms with Gasteiger partial charge in [-0.1, -0.05) is 25.4 Å². The van der Waals surface area contributed by atoms with Gasteiger partial charge in [0.1, 0.15) is 0 Å². The van der Waals surface area contributed by atoms with Gasteiger partial charge < -0.3 is 10.4 Å². The Balaban J connectivity index is 2.96. The third kappa shape index (κ3) is 4.28. The number of alkyl halides is 3. The Morgan fingerprint density at radius 2 is 1.89 bits per heavy atom. The molecule has 0 fully saturated rings. The normalized spacial score (nSPS) is 15.4. The number of nitrogens with one attached hydrogen (secondary N) is 1. The van der Waals surface area contributed by atoms with Crippen LogP contribution in [0, 0.1) is 5.92 Å². The Hall–Kier alpha value is -0.940. The van der Waals surface area contributed by atoms with Crippen LogP contribution in [0.2, 0.25) is 5.02 Å². The summed E-state index contributed by atoms with van der Waals surface area (Å²) < 4.78 is 38.5. The molecule has 1 aromatic carbocycles. The van der Waals surface area contributed by atoms with Gasteiger partial charge in [0.25, 0.3) is 0 Å². The van der Waals surface area contributed by atoms with Crippen molar-refractivity contribution < 1.29 is 18.3 Å². The molecule has 0 aliphatic rings. The number of hydrogen-bond donors (Lipinski definition) is 2. The first kappa shape index (κ1) is 16.1. The van der Waals surface area contributed by atoms with Crippen molar-refractivity contribution >= 4 is 17.3 Å². The summed E-state index contributed by atoms with van der Waals surface area (Å²) in [6.07, 6.45) is -4.49. The Morgan fingerprint density at radius 1 is 1.32 bits per heavy atom. The first-order chi connectivity index (χ1) is 8.54. The highest BCUT2D eigenvalue weighted by Crippen LogP contribution is 2.36. The van der Waals surface area contributed by atoms with Gasteiger partial charge in [-0.25, -0.2) is 0 Å². The van der Waals surface area contributed by atoms with E-state index < -0.39 is 17.3 Å². The summed E-state index contributed by atoms with van der Waals surface area (Å²) in [7, 11) is 0. The molecule has 0 bridgehead atoms. The first-order valence-electron chi connectivity index (χ1n) is 5.87. The molecule has 19 heavy (non-hydrogen) atoms. The van der Waals surface area contributed by atoms with E-state index in [1.54, 1.807) is 20.8 Å². The molecule has 108 valence electrons. The van der Waals surface area contributed by atoms with Crippen molar-refractivity contribution in [3.05, 3.63) is 28.8 Å². The Morgan fingerprint density at radius 3 is 2.37 bits per heavy atom. The van der Waals surface area contributed by atoms with E-state index in [2.05, 4.69) is 5.32 Å². The average Bonchev–Trinajstić information content (AvgIpc) is 2.26. The highest BCUT2D eigenvalue weighted by molar-refractivity contribution is 6.30. The summed E-state index contributed by atoms with van der Waals surface area (Å²) in [6.45, 7) is 5.20. The number of anilines is 1. The molecule has 1 unspecified atom stereocenters. The molecule has 0 radical (unpaired) electrons. The SMILES string of the molecule is CC(C)C(C)(O)CNc1ccc(Cl)cc1C(F)(F)F. The maximum atomic E-state index is 12.8. The fraction of sp³-hybridized carbons (Fsp3) is 0.538. The average molecular weight is 296 g/mol. The molecule has 1 rings (SSSR count). The van der Waals surface area contributed by atoms with Crippen LogP contribution >= 0.6 is 11.6 Å². The Bertz CT molecular complexity index is 444. The lowest BCUT2D eigenvalue weighted by Gasteiger charge is -2.29. The zero-order valence-electron chi connectivity index (χ0n) is 11.0. The van der Waals surface area contributed by atoms with E-state index in [1.165, 1.54) is 12.1 Å². The van der Waals surface area contributed by atoms with Crippen molar-refractivity contribution in [2.45, 2.75) is 32.5 Å². The highest BCUT2D eigenvalue weighted by atomic mass is 35.5. The highest BCUT2D eigenvalue weighted by Gasteiger charge is 2.34. The van der Waals surface area contributed by atoms with Crippen LogP contribution in [0.15, 0.2) is 18.2 Å². The third-order valence-corrected chi connectivity index (χ3v) is 3.40. The van der Waals surface area contributed by atoms with Gasteiger partial charge in [-0.05, 0) is 31.0 Å². The van der Waals surface area contributed by atoms with Gasteiger partial charge in [0.05, 0.1) is 11.2 Å². The first-order valence-corrected chi connectivity index (χ1v) is 6.25. The van der Waals surface area contributed by atoms with Crippen LogP contribution in [0.25, 0.3) is 0 Å². The van der Waals surface area contributed by atoms with Gasteiger partial charge in [-0.15, -0.1) is 0 Å². The molecule has 0 aliphatic heterocycles. The monoisotopic (exact) mass is 295 g/mol.